The van der Waals surface area contributed by atoms with Gasteiger partial charge in [0.2, 0.25) is 0 Å². The van der Waals surface area contributed by atoms with E-state index in [9.17, 15) is 9.59 Å². The summed E-state index contributed by atoms with van der Waals surface area (Å²) in [6.07, 6.45) is 5.50. The molecular weight excluding hydrogens is 334 g/mol. The lowest BCUT2D eigenvalue weighted by atomic mass is 10.1. The molecule has 1 amide bonds. The molecule has 0 aliphatic rings. The molecule has 1 atom stereocenters. The Bertz CT molecular complexity index is 947. The molecule has 0 saturated carbocycles. The zero-order valence-electron chi connectivity index (χ0n) is 14.8. The Morgan fingerprint density at radius 1 is 1.38 bits per heavy atom. The van der Waals surface area contributed by atoms with Crippen LogP contribution in [0.15, 0.2) is 52.2 Å². The number of fused-ring (bicyclic) bond motifs is 1. The van der Waals surface area contributed by atoms with Crippen LogP contribution in [0.1, 0.15) is 18.9 Å². The molecule has 1 aromatic carbocycles. The van der Waals surface area contributed by atoms with Crippen LogP contribution in [0.5, 0.6) is 5.75 Å². The van der Waals surface area contributed by atoms with Crippen LogP contribution in [0.4, 0.5) is 0 Å². The number of aryl methyl sites for hydroxylation is 2. The highest BCUT2D eigenvalue weighted by Crippen LogP contribution is 2.22. The van der Waals surface area contributed by atoms with Crippen LogP contribution in [-0.2, 0) is 11.3 Å². The second kappa shape index (κ2) is 7.86. The van der Waals surface area contributed by atoms with Gasteiger partial charge in [0.25, 0.3) is 5.91 Å². The summed E-state index contributed by atoms with van der Waals surface area (Å²) in [7, 11) is 0. The lowest BCUT2D eigenvalue weighted by Crippen LogP contribution is -2.37. The summed E-state index contributed by atoms with van der Waals surface area (Å²) in [5.74, 6) is 0.286. The van der Waals surface area contributed by atoms with E-state index in [4.69, 9.17) is 9.15 Å². The monoisotopic (exact) mass is 355 g/mol. The lowest BCUT2D eigenvalue weighted by molar-refractivity contribution is -0.127. The van der Waals surface area contributed by atoms with Crippen molar-refractivity contribution in [1.29, 1.82) is 0 Å². The molecule has 136 valence electrons. The number of ether oxygens (including phenoxy) is 1. The maximum atomic E-state index is 12.2. The Morgan fingerprint density at radius 3 is 3.00 bits per heavy atom. The van der Waals surface area contributed by atoms with Crippen molar-refractivity contribution in [2.24, 2.45) is 0 Å². The second-order valence-corrected chi connectivity index (χ2v) is 6.11. The van der Waals surface area contributed by atoms with E-state index in [-0.39, 0.29) is 5.91 Å². The minimum atomic E-state index is -0.655. The number of imidazole rings is 1. The molecule has 0 saturated heterocycles. The maximum absolute atomic E-state index is 12.2. The van der Waals surface area contributed by atoms with Gasteiger partial charge in [0.15, 0.2) is 6.10 Å². The summed E-state index contributed by atoms with van der Waals surface area (Å²) >= 11 is 0. The molecule has 0 fully saturated rings. The molecule has 0 unspecified atom stereocenters. The molecule has 1 N–H and O–H groups in total. The molecule has 26 heavy (non-hydrogen) atoms. The first-order valence-corrected chi connectivity index (χ1v) is 8.47. The predicted octanol–water partition coefficient (Wildman–Crippen LogP) is 2.27. The van der Waals surface area contributed by atoms with E-state index < -0.39 is 11.7 Å². The number of benzene rings is 1. The van der Waals surface area contributed by atoms with E-state index in [1.165, 1.54) is 6.07 Å². The normalized spacial score (nSPS) is 12.1. The molecule has 2 heterocycles. The van der Waals surface area contributed by atoms with E-state index in [0.29, 0.717) is 17.9 Å². The number of nitrogens with zero attached hydrogens (tertiary/aromatic N) is 2. The van der Waals surface area contributed by atoms with Gasteiger partial charge >= 0.3 is 5.63 Å². The Hall–Kier alpha value is -3.09. The van der Waals surface area contributed by atoms with Gasteiger partial charge in [-0.1, -0.05) is 0 Å². The number of aromatic nitrogens is 2. The number of nitrogens with one attached hydrogen (secondary N) is 1. The highest BCUT2D eigenvalue weighted by molar-refractivity contribution is 5.82. The SMILES string of the molecule is Cc1cc(=O)oc2cc(O[C@H](C)C(=O)NCCCn3ccnc3)ccc12. The Balaban J connectivity index is 1.55. The summed E-state index contributed by atoms with van der Waals surface area (Å²) in [6.45, 7) is 4.87. The fraction of sp³-hybridized carbons (Fsp3) is 0.316. The summed E-state index contributed by atoms with van der Waals surface area (Å²) in [6, 6.07) is 6.66. The smallest absolute Gasteiger partial charge is 0.336 e. The van der Waals surface area contributed by atoms with Crippen LogP contribution < -0.4 is 15.7 Å². The van der Waals surface area contributed by atoms with Crippen molar-refractivity contribution in [2.75, 3.05) is 6.54 Å². The molecule has 0 spiro atoms. The Morgan fingerprint density at radius 2 is 2.23 bits per heavy atom. The molecule has 7 heteroatoms. The molecule has 7 nitrogen and oxygen atoms in total. The van der Waals surface area contributed by atoms with E-state index in [2.05, 4.69) is 10.3 Å². The van der Waals surface area contributed by atoms with Gasteiger partial charge in [0.1, 0.15) is 11.3 Å². The van der Waals surface area contributed by atoms with Crippen molar-refractivity contribution in [1.82, 2.24) is 14.9 Å². The van der Waals surface area contributed by atoms with Crippen molar-refractivity contribution in [2.45, 2.75) is 32.9 Å². The van der Waals surface area contributed by atoms with Crippen LogP contribution in [0.2, 0.25) is 0 Å². The first-order valence-electron chi connectivity index (χ1n) is 8.47. The average molecular weight is 355 g/mol. The number of amides is 1. The molecule has 0 bridgehead atoms. The number of rotatable bonds is 7. The standard InChI is InChI=1S/C19H21N3O4/c1-13-10-18(23)26-17-11-15(4-5-16(13)17)25-14(2)19(24)21-6-3-8-22-9-7-20-12-22/h4-5,7,9-12,14H,3,6,8H2,1-2H3,(H,21,24)/t14-/m1/s1. The van der Waals surface area contributed by atoms with E-state index in [0.717, 1.165) is 23.9 Å². The fourth-order valence-corrected chi connectivity index (χ4v) is 2.67. The Kier molecular flexibility index (Phi) is 5.36. The van der Waals surface area contributed by atoms with Crippen molar-refractivity contribution >= 4 is 16.9 Å². The van der Waals surface area contributed by atoms with E-state index in [1.807, 2.05) is 23.8 Å². The third-order valence-electron chi connectivity index (χ3n) is 4.06. The van der Waals surface area contributed by atoms with Gasteiger partial charge in [0.05, 0.1) is 6.33 Å². The summed E-state index contributed by atoms with van der Waals surface area (Å²) in [5.41, 5.74) is 0.878. The minimum absolute atomic E-state index is 0.193. The number of hydrogen-bond acceptors (Lipinski definition) is 5. The van der Waals surface area contributed by atoms with Gasteiger partial charge in [-0.25, -0.2) is 9.78 Å². The van der Waals surface area contributed by atoms with E-state index >= 15 is 0 Å². The minimum Gasteiger partial charge on any atom is -0.481 e. The van der Waals surface area contributed by atoms with Gasteiger partial charge in [0, 0.05) is 43.0 Å². The number of hydrogen-bond donors (Lipinski definition) is 1. The highest BCUT2D eigenvalue weighted by atomic mass is 16.5. The van der Waals surface area contributed by atoms with Crippen LogP contribution in [0, 0.1) is 6.92 Å². The third-order valence-corrected chi connectivity index (χ3v) is 4.06. The fourth-order valence-electron chi connectivity index (χ4n) is 2.67. The van der Waals surface area contributed by atoms with Gasteiger partial charge in [-0.2, -0.15) is 0 Å². The third kappa shape index (κ3) is 4.30. The van der Waals surface area contributed by atoms with Crippen LogP contribution in [0.25, 0.3) is 11.0 Å². The van der Waals surface area contributed by atoms with Crippen LogP contribution >= 0.6 is 0 Å². The first-order chi connectivity index (χ1) is 12.5. The zero-order valence-corrected chi connectivity index (χ0v) is 14.8. The van der Waals surface area contributed by atoms with E-state index in [1.54, 1.807) is 31.6 Å². The topological polar surface area (TPSA) is 86.4 Å². The molecule has 0 aliphatic heterocycles. The lowest BCUT2D eigenvalue weighted by Gasteiger charge is -2.15. The summed E-state index contributed by atoms with van der Waals surface area (Å²) in [4.78, 5) is 27.6. The molecule has 2 aromatic heterocycles. The number of carbonyl (C=O) groups excluding carboxylic acids is 1. The predicted molar refractivity (Wildman–Crippen MR) is 97.2 cm³/mol. The largest absolute Gasteiger partial charge is 0.481 e. The average Bonchev–Trinajstić information content (AvgIpc) is 3.11. The number of carbonyl (C=O) groups is 1. The molecular formula is C19H21N3O4. The summed E-state index contributed by atoms with van der Waals surface area (Å²) in [5, 5.41) is 3.69. The second-order valence-electron chi connectivity index (χ2n) is 6.11. The van der Waals surface area contributed by atoms with Crippen molar-refractivity contribution in [3.63, 3.8) is 0 Å². The van der Waals surface area contributed by atoms with Gasteiger partial charge in [-0.3, -0.25) is 4.79 Å². The quantitative estimate of drug-likeness (QED) is 0.519. The molecule has 3 rings (SSSR count). The summed E-state index contributed by atoms with van der Waals surface area (Å²) < 4.78 is 12.8. The van der Waals surface area contributed by atoms with Gasteiger partial charge < -0.3 is 19.0 Å². The first kappa shape index (κ1) is 17.7. The molecule has 0 radical (unpaired) electrons. The highest BCUT2D eigenvalue weighted by Gasteiger charge is 2.14. The molecule has 0 aliphatic carbocycles. The van der Waals surface area contributed by atoms with Crippen LogP contribution in [0.3, 0.4) is 0 Å². The molecule has 3 aromatic rings. The van der Waals surface area contributed by atoms with Crippen LogP contribution in [-0.4, -0.2) is 28.1 Å². The van der Waals surface area contributed by atoms with Gasteiger partial charge in [-0.05, 0) is 38.0 Å². The Labute approximate surface area is 150 Å². The zero-order chi connectivity index (χ0) is 18.5. The van der Waals surface area contributed by atoms with Gasteiger partial charge in [-0.15, -0.1) is 0 Å². The van der Waals surface area contributed by atoms with Crippen molar-refractivity contribution < 1.29 is 13.9 Å². The maximum Gasteiger partial charge on any atom is 0.336 e. The van der Waals surface area contributed by atoms with Crippen molar-refractivity contribution in [3.05, 3.63) is 59.0 Å². The van der Waals surface area contributed by atoms with Crippen molar-refractivity contribution in [3.8, 4) is 5.75 Å².